The first kappa shape index (κ1) is 9.33. The number of aromatic nitrogens is 3. The number of hydrogen-bond acceptors (Lipinski definition) is 2. The SMILES string of the molecule is Brc1cc(C2CCCC2)cc2ncnn12. The average molecular weight is 266 g/mol. The smallest absolute Gasteiger partial charge is 0.156 e. The molecule has 1 aliphatic rings. The van der Waals surface area contributed by atoms with Crippen LogP contribution in [0.3, 0.4) is 0 Å². The summed E-state index contributed by atoms with van der Waals surface area (Å²) in [6, 6.07) is 4.34. The first-order chi connectivity index (χ1) is 7.34. The molecule has 3 rings (SSSR count). The maximum Gasteiger partial charge on any atom is 0.156 e. The minimum absolute atomic E-state index is 0.725. The molecule has 2 aromatic rings. The predicted octanol–water partition coefficient (Wildman–Crippen LogP) is 3.15. The van der Waals surface area contributed by atoms with Gasteiger partial charge >= 0.3 is 0 Å². The summed E-state index contributed by atoms with van der Waals surface area (Å²) in [5.74, 6) is 0.725. The summed E-state index contributed by atoms with van der Waals surface area (Å²) in [6.45, 7) is 0. The molecule has 4 heteroatoms. The zero-order chi connectivity index (χ0) is 10.3. The molecule has 0 spiro atoms. The fraction of sp³-hybridized carbons (Fsp3) is 0.455. The van der Waals surface area contributed by atoms with Gasteiger partial charge in [-0.3, -0.25) is 0 Å². The maximum atomic E-state index is 4.23. The van der Waals surface area contributed by atoms with Crippen LogP contribution in [-0.4, -0.2) is 14.6 Å². The number of fused-ring (bicyclic) bond motifs is 1. The predicted molar refractivity (Wildman–Crippen MR) is 61.9 cm³/mol. The zero-order valence-corrected chi connectivity index (χ0v) is 9.94. The van der Waals surface area contributed by atoms with Gasteiger partial charge in [-0.2, -0.15) is 5.10 Å². The van der Waals surface area contributed by atoms with Gasteiger partial charge in [-0.15, -0.1) is 0 Å². The van der Waals surface area contributed by atoms with Crippen molar-refractivity contribution in [3.05, 3.63) is 28.6 Å². The highest BCUT2D eigenvalue weighted by atomic mass is 79.9. The molecule has 0 aliphatic heterocycles. The molecule has 0 aromatic carbocycles. The average Bonchev–Trinajstić information content (AvgIpc) is 2.88. The van der Waals surface area contributed by atoms with E-state index in [0.717, 1.165) is 16.2 Å². The molecule has 1 fully saturated rings. The Kier molecular flexibility index (Phi) is 2.24. The summed E-state index contributed by atoms with van der Waals surface area (Å²) in [5, 5.41) is 4.14. The highest BCUT2D eigenvalue weighted by Crippen LogP contribution is 2.35. The van der Waals surface area contributed by atoms with E-state index < -0.39 is 0 Å². The van der Waals surface area contributed by atoms with E-state index >= 15 is 0 Å². The molecule has 0 N–H and O–H groups in total. The molecule has 0 unspecified atom stereocenters. The van der Waals surface area contributed by atoms with Gasteiger partial charge in [0.1, 0.15) is 10.9 Å². The van der Waals surface area contributed by atoms with Crippen LogP contribution in [0.2, 0.25) is 0 Å². The van der Waals surface area contributed by atoms with E-state index in [0.29, 0.717) is 0 Å². The number of rotatable bonds is 1. The molecule has 0 bridgehead atoms. The molecule has 0 atom stereocenters. The van der Waals surface area contributed by atoms with Crippen LogP contribution >= 0.6 is 15.9 Å². The van der Waals surface area contributed by atoms with Gasteiger partial charge in [0.15, 0.2) is 5.65 Å². The van der Waals surface area contributed by atoms with Crippen LogP contribution < -0.4 is 0 Å². The lowest BCUT2D eigenvalue weighted by Gasteiger charge is -2.10. The van der Waals surface area contributed by atoms with E-state index in [4.69, 9.17) is 0 Å². The summed E-state index contributed by atoms with van der Waals surface area (Å²) in [5.41, 5.74) is 2.34. The number of pyridine rings is 1. The van der Waals surface area contributed by atoms with Crippen molar-refractivity contribution in [1.82, 2.24) is 14.6 Å². The normalized spacial score (nSPS) is 17.7. The molecule has 2 heterocycles. The second kappa shape index (κ2) is 3.59. The lowest BCUT2D eigenvalue weighted by atomic mass is 9.99. The standard InChI is InChI=1S/C11H12BrN3/c12-10-5-9(8-3-1-2-4-8)6-11-13-7-14-15(10)11/h5-8H,1-4H2. The van der Waals surface area contributed by atoms with E-state index in [9.17, 15) is 0 Å². The summed E-state index contributed by atoms with van der Waals surface area (Å²) < 4.78 is 2.82. The van der Waals surface area contributed by atoms with Gasteiger partial charge in [0.05, 0.1) is 0 Å². The molecule has 0 saturated heterocycles. The van der Waals surface area contributed by atoms with Crippen LogP contribution in [0, 0.1) is 0 Å². The van der Waals surface area contributed by atoms with Crippen molar-refractivity contribution >= 4 is 21.6 Å². The van der Waals surface area contributed by atoms with Crippen LogP contribution in [0.15, 0.2) is 23.1 Å². The third-order valence-electron chi connectivity index (χ3n) is 3.18. The molecule has 0 radical (unpaired) electrons. The first-order valence-electron chi connectivity index (χ1n) is 5.34. The summed E-state index contributed by atoms with van der Waals surface area (Å²) in [6.07, 6.45) is 6.95. The monoisotopic (exact) mass is 265 g/mol. The van der Waals surface area contributed by atoms with Gasteiger partial charge in [-0.1, -0.05) is 12.8 Å². The van der Waals surface area contributed by atoms with Gasteiger partial charge in [0.2, 0.25) is 0 Å². The van der Waals surface area contributed by atoms with E-state index in [1.165, 1.54) is 31.2 Å². The second-order valence-electron chi connectivity index (χ2n) is 4.12. The third kappa shape index (κ3) is 1.57. The van der Waals surface area contributed by atoms with Crippen LogP contribution in [-0.2, 0) is 0 Å². The Labute approximate surface area is 96.6 Å². The molecular weight excluding hydrogens is 254 g/mol. The Morgan fingerprint density at radius 3 is 2.87 bits per heavy atom. The lowest BCUT2D eigenvalue weighted by molar-refractivity contribution is 0.719. The zero-order valence-electron chi connectivity index (χ0n) is 8.36. The van der Waals surface area contributed by atoms with E-state index in [-0.39, 0.29) is 0 Å². The Hall–Kier alpha value is -0.900. The van der Waals surface area contributed by atoms with Crippen molar-refractivity contribution in [2.45, 2.75) is 31.6 Å². The van der Waals surface area contributed by atoms with Crippen LogP contribution in [0.25, 0.3) is 5.65 Å². The second-order valence-corrected chi connectivity index (χ2v) is 4.94. The first-order valence-corrected chi connectivity index (χ1v) is 6.13. The van der Waals surface area contributed by atoms with Crippen LogP contribution in [0.4, 0.5) is 0 Å². The Balaban J connectivity index is 2.11. The minimum atomic E-state index is 0.725. The van der Waals surface area contributed by atoms with E-state index in [1.807, 2.05) is 4.52 Å². The molecule has 3 nitrogen and oxygen atoms in total. The number of hydrogen-bond donors (Lipinski definition) is 0. The van der Waals surface area contributed by atoms with Crippen LogP contribution in [0.1, 0.15) is 37.2 Å². The number of halogens is 1. The Bertz CT molecular complexity index is 486. The van der Waals surface area contributed by atoms with Gasteiger partial charge in [-0.25, -0.2) is 9.50 Å². The number of nitrogens with zero attached hydrogens (tertiary/aromatic N) is 3. The Morgan fingerprint density at radius 1 is 1.27 bits per heavy atom. The largest absolute Gasteiger partial charge is 0.215 e. The molecule has 78 valence electrons. The van der Waals surface area contributed by atoms with E-state index in [1.54, 1.807) is 6.33 Å². The van der Waals surface area contributed by atoms with Crippen molar-refractivity contribution in [3.8, 4) is 0 Å². The lowest BCUT2D eigenvalue weighted by Crippen LogP contribution is -1.97. The molecule has 2 aromatic heterocycles. The van der Waals surface area contributed by atoms with Gasteiger partial charge in [-0.05, 0) is 52.4 Å². The highest BCUT2D eigenvalue weighted by Gasteiger charge is 2.18. The van der Waals surface area contributed by atoms with Crippen molar-refractivity contribution < 1.29 is 0 Å². The van der Waals surface area contributed by atoms with Gasteiger partial charge in [0.25, 0.3) is 0 Å². The van der Waals surface area contributed by atoms with Crippen molar-refractivity contribution in [2.75, 3.05) is 0 Å². The minimum Gasteiger partial charge on any atom is -0.215 e. The topological polar surface area (TPSA) is 30.2 Å². The molecular formula is C11H12BrN3. The van der Waals surface area contributed by atoms with Gasteiger partial charge in [0, 0.05) is 0 Å². The van der Waals surface area contributed by atoms with Gasteiger partial charge < -0.3 is 0 Å². The molecule has 0 amide bonds. The fourth-order valence-corrected chi connectivity index (χ4v) is 2.94. The van der Waals surface area contributed by atoms with Crippen molar-refractivity contribution in [3.63, 3.8) is 0 Å². The molecule has 1 aliphatic carbocycles. The fourth-order valence-electron chi connectivity index (χ4n) is 2.40. The van der Waals surface area contributed by atoms with E-state index in [2.05, 4.69) is 38.1 Å². The highest BCUT2D eigenvalue weighted by molar-refractivity contribution is 9.10. The maximum absolute atomic E-state index is 4.23. The van der Waals surface area contributed by atoms with Crippen LogP contribution in [0.5, 0.6) is 0 Å². The Morgan fingerprint density at radius 2 is 2.07 bits per heavy atom. The summed E-state index contributed by atoms with van der Waals surface area (Å²) >= 11 is 3.53. The summed E-state index contributed by atoms with van der Waals surface area (Å²) in [7, 11) is 0. The summed E-state index contributed by atoms with van der Waals surface area (Å²) in [4.78, 5) is 4.23. The van der Waals surface area contributed by atoms with Crippen molar-refractivity contribution in [1.29, 1.82) is 0 Å². The molecule has 1 saturated carbocycles. The van der Waals surface area contributed by atoms with Crippen molar-refractivity contribution in [2.24, 2.45) is 0 Å². The third-order valence-corrected chi connectivity index (χ3v) is 3.75. The molecule has 15 heavy (non-hydrogen) atoms. The quantitative estimate of drug-likeness (QED) is 0.742.